The third-order valence-corrected chi connectivity index (χ3v) is 5.15. The lowest BCUT2D eigenvalue weighted by Gasteiger charge is -2.29. The van der Waals surface area contributed by atoms with Crippen LogP contribution in [-0.4, -0.2) is 46.4 Å². The number of nitrogens with zero attached hydrogens (tertiary/aromatic N) is 2. The Morgan fingerprint density at radius 1 is 1.46 bits per heavy atom. The normalized spacial score (nSPS) is 19.5. The van der Waals surface area contributed by atoms with Crippen molar-refractivity contribution in [3.05, 3.63) is 28.5 Å². The van der Waals surface area contributed by atoms with Gasteiger partial charge in [-0.3, -0.25) is 0 Å². The molecular formula is C17H24BrCl2N3O3. The van der Waals surface area contributed by atoms with Crippen LogP contribution in [-0.2, 0) is 11.3 Å². The molecule has 0 aliphatic carbocycles. The van der Waals surface area contributed by atoms with Crippen molar-refractivity contribution < 1.29 is 14.6 Å². The van der Waals surface area contributed by atoms with Crippen LogP contribution in [0.1, 0.15) is 36.0 Å². The smallest absolute Gasteiger partial charge is 0.337 e. The summed E-state index contributed by atoms with van der Waals surface area (Å²) in [5.41, 5.74) is 2.22. The molecule has 0 bridgehead atoms. The topological polar surface area (TPSA) is 76.4 Å². The fourth-order valence-corrected chi connectivity index (χ4v) is 3.95. The van der Waals surface area contributed by atoms with Gasteiger partial charge in [-0.15, -0.1) is 24.8 Å². The van der Waals surface area contributed by atoms with Gasteiger partial charge in [-0.05, 0) is 60.3 Å². The maximum atomic E-state index is 11.7. The lowest BCUT2D eigenvalue weighted by Crippen LogP contribution is -2.44. The number of carbonyl (C=O) groups excluding carboxylic acids is 1. The molecule has 6 nitrogen and oxygen atoms in total. The zero-order valence-electron chi connectivity index (χ0n) is 14.5. The summed E-state index contributed by atoms with van der Waals surface area (Å²) in [7, 11) is 1.37. The quantitative estimate of drug-likeness (QED) is 0.658. The van der Waals surface area contributed by atoms with E-state index in [1.54, 1.807) is 18.5 Å². The van der Waals surface area contributed by atoms with Crippen LogP contribution in [0.3, 0.4) is 0 Å². The maximum absolute atomic E-state index is 11.7. The predicted octanol–water partition coefficient (Wildman–Crippen LogP) is 3.32. The molecule has 0 amide bonds. The molecule has 1 fully saturated rings. The van der Waals surface area contributed by atoms with Gasteiger partial charge in [0.25, 0.3) is 0 Å². The van der Waals surface area contributed by atoms with E-state index in [2.05, 4.69) is 30.8 Å². The molecule has 2 heterocycles. The number of rotatable bonds is 5. The van der Waals surface area contributed by atoms with E-state index in [0.717, 1.165) is 54.3 Å². The summed E-state index contributed by atoms with van der Waals surface area (Å²) in [4.78, 5) is 16.1. The number of halogens is 3. The van der Waals surface area contributed by atoms with Crippen LogP contribution < -0.4 is 5.32 Å². The van der Waals surface area contributed by atoms with Crippen LogP contribution in [0, 0.1) is 0 Å². The number of esters is 1. The molecule has 146 valence electrons. The molecule has 0 radical (unpaired) electrons. The molecule has 3 rings (SSSR count). The van der Waals surface area contributed by atoms with Crippen molar-refractivity contribution in [1.29, 1.82) is 0 Å². The number of hydrogen-bond acceptors (Lipinski definition) is 5. The van der Waals surface area contributed by atoms with E-state index in [0.29, 0.717) is 5.56 Å². The Morgan fingerprint density at radius 2 is 2.23 bits per heavy atom. The van der Waals surface area contributed by atoms with E-state index in [4.69, 9.17) is 4.74 Å². The molecule has 0 saturated carbocycles. The number of aliphatic hydroxyl groups is 1. The third kappa shape index (κ3) is 5.10. The molecule has 26 heavy (non-hydrogen) atoms. The highest BCUT2D eigenvalue weighted by Crippen LogP contribution is 2.26. The van der Waals surface area contributed by atoms with Gasteiger partial charge >= 0.3 is 5.97 Å². The van der Waals surface area contributed by atoms with Gasteiger partial charge in [-0.2, -0.15) is 0 Å². The molecule has 0 spiro atoms. The lowest BCUT2D eigenvalue weighted by molar-refractivity contribution is 0.0601. The Labute approximate surface area is 173 Å². The van der Waals surface area contributed by atoms with Crippen molar-refractivity contribution in [3.8, 4) is 0 Å². The number of aromatic nitrogens is 2. The third-order valence-electron chi connectivity index (χ3n) is 4.55. The van der Waals surface area contributed by atoms with E-state index in [1.807, 2.05) is 0 Å². The number of fused-ring (bicyclic) bond motifs is 1. The summed E-state index contributed by atoms with van der Waals surface area (Å²) in [6, 6.07) is 3.69. The van der Waals surface area contributed by atoms with E-state index in [-0.39, 0.29) is 42.9 Å². The number of carbonyl (C=O) groups is 1. The van der Waals surface area contributed by atoms with Crippen molar-refractivity contribution in [2.45, 2.75) is 44.4 Å². The molecule has 9 heteroatoms. The van der Waals surface area contributed by atoms with Crippen molar-refractivity contribution >= 4 is 57.7 Å². The van der Waals surface area contributed by atoms with E-state index in [9.17, 15) is 9.90 Å². The number of ether oxygens (including phenoxy) is 1. The highest BCUT2D eigenvalue weighted by Gasteiger charge is 2.22. The second-order valence-electron chi connectivity index (χ2n) is 6.17. The molecule has 1 aromatic heterocycles. The molecule has 2 N–H and O–H groups in total. The summed E-state index contributed by atoms with van der Waals surface area (Å²) in [5, 5.41) is 13.4. The summed E-state index contributed by atoms with van der Waals surface area (Å²) >= 11 is 3.53. The number of aryl methyl sites for hydroxylation is 1. The zero-order valence-corrected chi connectivity index (χ0v) is 17.7. The minimum Gasteiger partial charge on any atom is -0.465 e. The second-order valence-corrected chi connectivity index (χ2v) is 7.02. The summed E-state index contributed by atoms with van der Waals surface area (Å²) < 4.78 is 7.67. The van der Waals surface area contributed by atoms with E-state index in [1.165, 1.54) is 7.11 Å². The van der Waals surface area contributed by atoms with Crippen molar-refractivity contribution in [1.82, 2.24) is 14.9 Å². The fraction of sp³-hybridized carbons (Fsp3) is 0.529. The van der Waals surface area contributed by atoms with Crippen LogP contribution in [0.5, 0.6) is 0 Å². The molecule has 2 atom stereocenters. The van der Waals surface area contributed by atoms with Crippen LogP contribution in [0.25, 0.3) is 11.0 Å². The predicted molar refractivity (Wildman–Crippen MR) is 110 cm³/mol. The van der Waals surface area contributed by atoms with Crippen LogP contribution >= 0.6 is 40.7 Å². The van der Waals surface area contributed by atoms with E-state index < -0.39 is 0 Å². The molecule has 2 aromatic rings. The number of aliphatic hydroxyl groups excluding tert-OH is 1. The van der Waals surface area contributed by atoms with Gasteiger partial charge in [0.2, 0.25) is 0 Å². The number of benzene rings is 1. The summed E-state index contributed by atoms with van der Waals surface area (Å²) in [5.74, 6) is -0.371. The van der Waals surface area contributed by atoms with Gasteiger partial charge in [0.05, 0.1) is 36.1 Å². The highest BCUT2D eigenvalue weighted by atomic mass is 79.9. The lowest BCUT2D eigenvalue weighted by atomic mass is 9.97. The number of methoxy groups -OCH3 is 1. The number of hydrogen-bond donors (Lipinski definition) is 2. The Balaban J connectivity index is 0.00000169. The van der Waals surface area contributed by atoms with Crippen molar-refractivity contribution in [2.24, 2.45) is 0 Å². The minimum absolute atomic E-state index is 0. The standard InChI is InChI=1S/C17H22BrN3O3.2ClH/c1-24-17(23)11-8-12(18)16-14(9-11)20-10-21(16)7-3-4-13-15(22)5-2-6-19-13;;/h8-10,13,15,19,22H,2-7H2,1H3;2*1H/t13-,15+;;/m1../s1. The van der Waals surface area contributed by atoms with Gasteiger partial charge in [-0.1, -0.05) is 0 Å². The summed E-state index contributed by atoms with van der Waals surface area (Å²) in [6.45, 7) is 1.80. The maximum Gasteiger partial charge on any atom is 0.337 e. The number of piperidine rings is 1. The molecule has 1 saturated heterocycles. The van der Waals surface area contributed by atoms with Gasteiger partial charge in [0.1, 0.15) is 0 Å². The molecule has 1 aliphatic heterocycles. The Morgan fingerprint density at radius 3 is 2.92 bits per heavy atom. The minimum atomic E-state index is -0.371. The first-order chi connectivity index (χ1) is 11.6. The van der Waals surface area contributed by atoms with Gasteiger partial charge in [0, 0.05) is 17.1 Å². The monoisotopic (exact) mass is 467 g/mol. The van der Waals surface area contributed by atoms with Gasteiger partial charge in [-0.25, -0.2) is 9.78 Å². The molecule has 1 aliphatic rings. The zero-order chi connectivity index (χ0) is 17.1. The van der Waals surface area contributed by atoms with Crippen LogP contribution in [0.15, 0.2) is 22.9 Å². The van der Waals surface area contributed by atoms with E-state index >= 15 is 0 Å². The number of imidazole rings is 1. The average molecular weight is 469 g/mol. The Hall–Kier alpha value is -0.860. The Bertz CT molecular complexity index is 741. The Kier molecular flexibility index (Phi) is 9.33. The number of nitrogens with one attached hydrogen (secondary N) is 1. The fourth-order valence-electron chi connectivity index (χ4n) is 3.27. The summed E-state index contributed by atoms with van der Waals surface area (Å²) in [6.07, 6.45) is 5.35. The first-order valence-corrected chi connectivity index (χ1v) is 9.03. The first-order valence-electron chi connectivity index (χ1n) is 8.24. The molecule has 1 aromatic carbocycles. The van der Waals surface area contributed by atoms with Crippen molar-refractivity contribution in [3.63, 3.8) is 0 Å². The molecule has 0 unspecified atom stereocenters. The average Bonchev–Trinajstić information content (AvgIpc) is 2.99. The van der Waals surface area contributed by atoms with Gasteiger partial charge in [0.15, 0.2) is 0 Å². The van der Waals surface area contributed by atoms with Crippen molar-refractivity contribution in [2.75, 3.05) is 13.7 Å². The first kappa shape index (κ1) is 23.2. The highest BCUT2D eigenvalue weighted by molar-refractivity contribution is 9.10. The largest absolute Gasteiger partial charge is 0.465 e. The molecular weight excluding hydrogens is 445 g/mol. The van der Waals surface area contributed by atoms with Gasteiger partial charge < -0.3 is 19.7 Å². The second kappa shape index (κ2) is 10.5. The van der Waals surface area contributed by atoms with Crippen LogP contribution in [0.4, 0.5) is 0 Å². The van der Waals surface area contributed by atoms with Crippen LogP contribution in [0.2, 0.25) is 0 Å². The SMILES string of the molecule is COC(=O)c1cc(Br)c2c(c1)ncn2CCC[C@H]1NCCC[C@@H]1O.Cl.Cl.